The zero-order valence-corrected chi connectivity index (χ0v) is 20.6. The lowest BCUT2D eigenvalue weighted by Gasteiger charge is -2.28. The summed E-state index contributed by atoms with van der Waals surface area (Å²) in [5.41, 5.74) is 4.02. The summed E-state index contributed by atoms with van der Waals surface area (Å²) >= 11 is 18.8. The van der Waals surface area contributed by atoms with Crippen LogP contribution in [0.4, 0.5) is 0 Å². The maximum atomic E-state index is 12.8. The molecule has 174 valence electrons. The van der Waals surface area contributed by atoms with Crippen LogP contribution in [0, 0.1) is 0 Å². The number of fused-ring (bicyclic) bond motifs is 1. The van der Waals surface area contributed by atoms with E-state index in [1.807, 2.05) is 30.3 Å². The quantitative estimate of drug-likeness (QED) is 0.252. The average Bonchev–Trinajstić information content (AvgIpc) is 2.84. The minimum absolute atomic E-state index is 0.311. The van der Waals surface area contributed by atoms with Crippen molar-refractivity contribution in [2.45, 2.75) is 12.5 Å². The molecule has 0 N–H and O–H groups in total. The van der Waals surface area contributed by atoms with Crippen molar-refractivity contribution in [1.29, 1.82) is 0 Å². The fourth-order valence-electron chi connectivity index (χ4n) is 3.93. The Balaban J connectivity index is 1.65. The van der Waals surface area contributed by atoms with Gasteiger partial charge in [-0.2, -0.15) is 0 Å². The Morgan fingerprint density at radius 1 is 0.914 bits per heavy atom. The van der Waals surface area contributed by atoms with Gasteiger partial charge in [-0.15, -0.1) is 0 Å². The number of carbonyl (C=O) groups is 1. The van der Waals surface area contributed by atoms with Gasteiger partial charge in [0.15, 0.2) is 0 Å². The molecule has 1 aliphatic rings. The summed E-state index contributed by atoms with van der Waals surface area (Å²) in [5.74, 6) is 0.322. The molecule has 0 aliphatic carbocycles. The largest absolute Gasteiger partial charge is 0.453 e. The summed E-state index contributed by atoms with van der Waals surface area (Å²) < 4.78 is 11.8. The van der Waals surface area contributed by atoms with E-state index in [9.17, 15) is 4.79 Å². The van der Waals surface area contributed by atoms with E-state index in [-0.39, 0.29) is 0 Å². The molecule has 0 unspecified atom stereocenters. The standard InChI is InChI=1S/C28H18Cl3NO3/c1-16-13-25(35-28(33)18-5-3-2-4-6-18)23-15-22(17-7-9-19(29)10-8-17)26(32-27(23)34-16)21-12-11-20(30)14-24(21)31/h2-12,14-15,25H,1,13H2/t25-/m1/s1. The molecule has 0 saturated carbocycles. The van der Waals surface area contributed by atoms with Crippen LogP contribution in [0.1, 0.15) is 28.4 Å². The smallest absolute Gasteiger partial charge is 0.338 e. The molecule has 4 aromatic rings. The molecule has 0 amide bonds. The Labute approximate surface area is 217 Å². The number of pyridine rings is 1. The van der Waals surface area contributed by atoms with E-state index in [1.54, 1.807) is 48.5 Å². The van der Waals surface area contributed by atoms with Gasteiger partial charge in [0.2, 0.25) is 5.88 Å². The third-order valence-corrected chi connectivity index (χ3v) is 6.42. The number of rotatable bonds is 4. The van der Waals surface area contributed by atoms with E-state index in [4.69, 9.17) is 49.3 Å². The van der Waals surface area contributed by atoms with Gasteiger partial charge >= 0.3 is 5.97 Å². The van der Waals surface area contributed by atoms with Gasteiger partial charge in [0.05, 0.1) is 21.8 Å². The molecule has 7 heteroatoms. The van der Waals surface area contributed by atoms with Crippen molar-refractivity contribution in [3.63, 3.8) is 0 Å². The monoisotopic (exact) mass is 521 g/mol. The van der Waals surface area contributed by atoms with Crippen molar-refractivity contribution in [2.75, 3.05) is 0 Å². The van der Waals surface area contributed by atoms with Gasteiger partial charge in [-0.05, 0) is 54.1 Å². The molecular weight excluding hydrogens is 505 g/mol. The number of ether oxygens (including phenoxy) is 2. The van der Waals surface area contributed by atoms with Crippen LogP contribution in [-0.4, -0.2) is 11.0 Å². The Hall–Kier alpha value is -3.31. The number of hydrogen-bond donors (Lipinski definition) is 0. The predicted molar refractivity (Wildman–Crippen MR) is 139 cm³/mol. The second-order valence-electron chi connectivity index (χ2n) is 8.01. The molecule has 3 aromatic carbocycles. The predicted octanol–water partition coefficient (Wildman–Crippen LogP) is 8.57. The van der Waals surface area contributed by atoms with Gasteiger partial charge in [0.1, 0.15) is 11.9 Å². The van der Waals surface area contributed by atoms with Crippen molar-refractivity contribution in [3.05, 3.63) is 117 Å². The van der Waals surface area contributed by atoms with Crippen LogP contribution in [0.5, 0.6) is 5.88 Å². The van der Waals surface area contributed by atoms with E-state index in [0.717, 1.165) is 11.1 Å². The van der Waals surface area contributed by atoms with Gasteiger partial charge in [0.25, 0.3) is 0 Å². The highest BCUT2D eigenvalue weighted by molar-refractivity contribution is 6.36. The van der Waals surface area contributed by atoms with Gasteiger partial charge < -0.3 is 9.47 Å². The van der Waals surface area contributed by atoms with Gasteiger partial charge in [-0.3, -0.25) is 0 Å². The first-order valence-electron chi connectivity index (χ1n) is 10.8. The highest BCUT2D eigenvalue weighted by atomic mass is 35.5. The maximum Gasteiger partial charge on any atom is 0.338 e. The lowest BCUT2D eigenvalue weighted by atomic mass is 9.94. The molecular formula is C28H18Cl3NO3. The first kappa shape index (κ1) is 23.4. The lowest BCUT2D eigenvalue weighted by molar-refractivity contribution is 0.0244. The van der Waals surface area contributed by atoms with Crippen LogP contribution < -0.4 is 4.74 Å². The van der Waals surface area contributed by atoms with Crippen LogP contribution in [0.3, 0.4) is 0 Å². The molecule has 5 rings (SSSR count). The zero-order valence-electron chi connectivity index (χ0n) is 18.3. The van der Waals surface area contributed by atoms with Crippen molar-refractivity contribution in [2.24, 2.45) is 0 Å². The minimum Gasteiger partial charge on any atom is -0.453 e. The lowest BCUT2D eigenvalue weighted by Crippen LogP contribution is -2.19. The van der Waals surface area contributed by atoms with E-state index in [2.05, 4.69) is 6.58 Å². The summed E-state index contributed by atoms with van der Waals surface area (Å²) in [7, 11) is 0. The molecule has 1 atom stereocenters. The summed E-state index contributed by atoms with van der Waals surface area (Å²) in [4.78, 5) is 17.6. The van der Waals surface area contributed by atoms with Crippen LogP contribution in [-0.2, 0) is 4.74 Å². The fraction of sp³-hybridized carbons (Fsp3) is 0.0714. The van der Waals surface area contributed by atoms with Crippen molar-refractivity contribution in [1.82, 2.24) is 4.98 Å². The number of aromatic nitrogens is 1. The topological polar surface area (TPSA) is 48.4 Å². The van der Waals surface area contributed by atoms with Crippen molar-refractivity contribution >= 4 is 40.8 Å². The van der Waals surface area contributed by atoms with Crippen molar-refractivity contribution < 1.29 is 14.3 Å². The number of halogens is 3. The van der Waals surface area contributed by atoms with Gasteiger partial charge in [-0.25, -0.2) is 9.78 Å². The van der Waals surface area contributed by atoms with Gasteiger partial charge in [-0.1, -0.05) is 71.7 Å². The van der Waals surface area contributed by atoms with Crippen LogP contribution in [0.2, 0.25) is 15.1 Å². The molecule has 0 bridgehead atoms. The fourth-order valence-corrected chi connectivity index (χ4v) is 4.56. The average molecular weight is 523 g/mol. The number of nitrogens with zero attached hydrogens (tertiary/aromatic N) is 1. The molecule has 0 spiro atoms. The Morgan fingerprint density at radius 2 is 1.63 bits per heavy atom. The Bertz CT molecular complexity index is 1440. The molecule has 35 heavy (non-hydrogen) atoms. The highest BCUT2D eigenvalue weighted by Crippen LogP contribution is 2.44. The van der Waals surface area contributed by atoms with Crippen LogP contribution >= 0.6 is 34.8 Å². The molecule has 0 radical (unpaired) electrons. The number of benzene rings is 3. The Morgan fingerprint density at radius 3 is 2.34 bits per heavy atom. The van der Waals surface area contributed by atoms with Crippen molar-refractivity contribution in [3.8, 4) is 28.3 Å². The first-order valence-corrected chi connectivity index (χ1v) is 11.9. The molecule has 2 heterocycles. The molecule has 0 fully saturated rings. The summed E-state index contributed by atoms with van der Waals surface area (Å²) in [6.07, 6.45) is -0.304. The third kappa shape index (κ3) is 4.92. The van der Waals surface area contributed by atoms with E-state index in [1.165, 1.54) is 0 Å². The first-order chi connectivity index (χ1) is 16.9. The van der Waals surface area contributed by atoms with Gasteiger partial charge in [0, 0.05) is 27.6 Å². The molecule has 4 nitrogen and oxygen atoms in total. The maximum absolute atomic E-state index is 12.8. The molecule has 1 aliphatic heterocycles. The molecule has 1 aromatic heterocycles. The van der Waals surface area contributed by atoms with E-state index in [0.29, 0.717) is 55.5 Å². The summed E-state index contributed by atoms with van der Waals surface area (Å²) in [5, 5.41) is 1.57. The van der Waals surface area contributed by atoms with Crippen LogP contribution in [0.25, 0.3) is 22.4 Å². The van der Waals surface area contributed by atoms with Crippen LogP contribution in [0.15, 0.2) is 91.2 Å². The normalized spacial score (nSPS) is 14.7. The number of hydrogen-bond acceptors (Lipinski definition) is 4. The summed E-state index contributed by atoms with van der Waals surface area (Å²) in [6.45, 7) is 3.95. The van der Waals surface area contributed by atoms with E-state index < -0.39 is 12.1 Å². The highest BCUT2D eigenvalue weighted by Gasteiger charge is 2.31. The minimum atomic E-state index is -0.618. The number of carbonyl (C=O) groups excluding carboxylic acids is 1. The second kappa shape index (κ2) is 9.74. The van der Waals surface area contributed by atoms with E-state index >= 15 is 0 Å². The number of esters is 1. The Kier molecular flexibility index (Phi) is 6.52. The zero-order chi connectivity index (χ0) is 24.5. The third-order valence-electron chi connectivity index (χ3n) is 5.62. The SMILES string of the molecule is C=C1C[C@@H](OC(=O)c2ccccc2)c2cc(-c3ccc(Cl)cc3)c(-c3ccc(Cl)cc3Cl)nc2O1. The summed E-state index contributed by atoms with van der Waals surface area (Å²) in [6, 6.07) is 23.4. The molecule has 0 saturated heterocycles. The second-order valence-corrected chi connectivity index (χ2v) is 9.29.